The second kappa shape index (κ2) is 6.71. The molecule has 3 heteroatoms. The molecule has 3 nitrogen and oxygen atoms in total. The highest BCUT2D eigenvalue weighted by Gasteiger charge is 2.15. The smallest absolute Gasteiger partial charge is 0.159 e. The van der Waals surface area contributed by atoms with E-state index in [4.69, 9.17) is 4.74 Å². The maximum absolute atomic E-state index is 11.2. The Morgan fingerprint density at radius 3 is 2.74 bits per heavy atom. The molecule has 0 bridgehead atoms. The average molecular weight is 261 g/mol. The van der Waals surface area contributed by atoms with Crippen LogP contribution >= 0.6 is 0 Å². The lowest BCUT2D eigenvalue weighted by Crippen LogP contribution is -2.37. The Labute approximate surface area is 115 Å². The zero-order valence-corrected chi connectivity index (χ0v) is 11.9. The molecule has 0 amide bonds. The number of ketones is 1. The van der Waals surface area contributed by atoms with Crippen LogP contribution in [0.3, 0.4) is 0 Å². The summed E-state index contributed by atoms with van der Waals surface area (Å²) in [6, 6.07) is 7.38. The van der Waals surface area contributed by atoms with Gasteiger partial charge in [0.2, 0.25) is 0 Å². The minimum absolute atomic E-state index is 0.0915. The highest BCUT2D eigenvalue weighted by molar-refractivity contribution is 5.94. The molecule has 1 heterocycles. The van der Waals surface area contributed by atoms with Gasteiger partial charge in [0.1, 0.15) is 12.4 Å². The van der Waals surface area contributed by atoms with Gasteiger partial charge in [-0.2, -0.15) is 0 Å². The maximum Gasteiger partial charge on any atom is 0.159 e. The first kappa shape index (κ1) is 14.1. The Bertz CT molecular complexity index is 413. The van der Waals surface area contributed by atoms with Gasteiger partial charge in [-0.15, -0.1) is 0 Å². The van der Waals surface area contributed by atoms with Gasteiger partial charge in [-0.05, 0) is 56.5 Å². The predicted molar refractivity (Wildman–Crippen MR) is 76.8 cm³/mol. The van der Waals surface area contributed by atoms with E-state index in [1.165, 1.54) is 25.9 Å². The van der Waals surface area contributed by atoms with E-state index in [0.717, 1.165) is 23.8 Å². The third-order valence-electron chi connectivity index (χ3n) is 3.68. The summed E-state index contributed by atoms with van der Waals surface area (Å²) in [7, 11) is 0. The summed E-state index contributed by atoms with van der Waals surface area (Å²) in [6.07, 6.45) is 2.65. The minimum Gasteiger partial charge on any atom is -0.492 e. The van der Waals surface area contributed by atoms with Crippen molar-refractivity contribution in [2.45, 2.75) is 26.7 Å². The van der Waals surface area contributed by atoms with Crippen molar-refractivity contribution in [3.8, 4) is 5.75 Å². The molecule has 1 fully saturated rings. The van der Waals surface area contributed by atoms with Crippen molar-refractivity contribution in [2.24, 2.45) is 5.92 Å². The molecule has 1 unspecified atom stereocenters. The van der Waals surface area contributed by atoms with Crippen LogP contribution in [-0.2, 0) is 0 Å². The van der Waals surface area contributed by atoms with Crippen molar-refractivity contribution in [3.05, 3.63) is 29.8 Å². The molecule has 1 aliphatic heterocycles. The molecule has 1 aromatic rings. The third-order valence-corrected chi connectivity index (χ3v) is 3.68. The number of hydrogen-bond donors (Lipinski definition) is 0. The van der Waals surface area contributed by atoms with Crippen LogP contribution in [0.4, 0.5) is 0 Å². The molecule has 0 saturated carbocycles. The number of piperidine rings is 1. The zero-order chi connectivity index (χ0) is 13.7. The Morgan fingerprint density at radius 1 is 1.37 bits per heavy atom. The van der Waals surface area contributed by atoms with Gasteiger partial charge >= 0.3 is 0 Å². The SMILES string of the molecule is CC(=O)c1ccc(OCCN2CCCC(C)C2)cc1. The predicted octanol–water partition coefficient (Wildman–Crippen LogP) is 3.00. The highest BCUT2D eigenvalue weighted by Crippen LogP contribution is 2.16. The topological polar surface area (TPSA) is 29.5 Å². The second-order valence-corrected chi connectivity index (χ2v) is 5.48. The van der Waals surface area contributed by atoms with Gasteiger partial charge in [0, 0.05) is 18.7 Å². The van der Waals surface area contributed by atoms with E-state index in [2.05, 4.69) is 11.8 Å². The lowest BCUT2D eigenvalue weighted by molar-refractivity contribution is 0.101. The van der Waals surface area contributed by atoms with Crippen molar-refractivity contribution in [1.82, 2.24) is 4.90 Å². The summed E-state index contributed by atoms with van der Waals surface area (Å²) in [4.78, 5) is 13.6. The van der Waals surface area contributed by atoms with Crippen molar-refractivity contribution in [2.75, 3.05) is 26.2 Å². The number of nitrogens with zero attached hydrogens (tertiary/aromatic N) is 1. The van der Waals surface area contributed by atoms with Crippen LogP contribution in [0, 0.1) is 5.92 Å². The fraction of sp³-hybridized carbons (Fsp3) is 0.562. The van der Waals surface area contributed by atoms with E-state index >= 15 is 0 Å². The Morgan fingerprint density at radius 2 is 2.11 bits per heavy atom. The summed E-state index contributed by atoms with van der Waals surface area (Å²) in [6.45, 7) is 7.97. The normalized spacial score (nSPS) is 20.2. The Hall–Kier alpha value is -1.35. The van der Waals surface area contributed by atoms with Crippen LogP contribution in [0.25, 0.3) is 0 Å². The lowest BCUT2D eigenvalue weighted by Gasteiger charge is -2.30. The van der Waals surface area contributed by atoms with Crippen LogP contribution in [0.2, 0.25) is 0 Å². The monoisotopic (exact) mass is 261 g/mol. The largest absolute Gasteiger partial charge is 0.492 e. The van der Waals surface area contributed by atoms with Crippen LogP contribution in [0.1, 0.15) is 37.0 Å². The number of Topliss-reactive ketones (excluding diaryl/α,β-unsaturated/α-hetero) is 1. The van der Waals surface area contributed by atoms with Crippen molar-refractivity contribution in [3.63, 3.8) is 0 Å². The molecule has 0 radical (unpaired) electrons. The van der Waals surface area contributed by atoms with Gasteiger partial charge in [-0.3, -0.25) is 9.69 Å². The summed E-state index contributed by atoms with van der Waals surface area (Å²) in [5, 5.41) is 0. The van der Waals surface area contributed by atoms with Gasteiger partial charge in [0.25, 0.3) is 0 Å². The van der Waals surface area contributed by atoms with Crippen LogP contribution < -0.4 is 4.74 Å². The van der Waals surface area contributed by atoms with Crippen LogP contribution in [0.5, 0.6) is 5.75 Å². The third kappa shape index (κ3) is 4.35. The molecule has 1 saturated heterocycles. The number of rotatable bonds is 5. The summed E-state index contributed by atoms with van der Waals surface area (Å²) < 4.78 is 5.73. The van der Waals surface area contributed by atoms with Crippen LogP contribution in [-0.4, -0.2) is 36.9 Å². The molecule has 1 aromatic carbocycles. The number of carbonyl (C=O) groups excluding carboxylic acids is 1. The molecule has 104 valence electrons. The Balaban J connectivity index is 1.74. The van der Waals surface area contributed by atoms with Gasteiger partial charge in [-0.25, -0.2) is 0 Å². The fourth-order valence-corrected chi connectivity index (χ4v) is 2.57. The highest BCUT2D eigenvalue weighted by atomic mass is 16.5. The molecule has 19 heavy (non-hydrogen) atoms. The molecule has 1 aliphatic rings. The van der Waals surface area contributed by atoms with Crippen LogP contribution in [0.15, 0.2) is 24.3 Å². The number of benzene rings is 1. The second-order valence-electron chi connectivity index (χ2n) is 5.48. The zero-order valence-electron chi connectivity index (χ0n) is 11.9. The number of ether oxygens (including phenoxy) is 1. The van der Waals surface area contributed by atoms with Crippen molar-refractivity contribution >= 4 is 5.78 Å². The van der Waals surface area contributed by atoms with Gasteiger partial charge in [0.15, 0.2) is 5.78 Å². The van der Waals surface area contributed by atoms with E-state index < -0.39 is 0 Å². The molecule has 0 spiro atoms. The lowest BCUT2D eigenvalue weighted by atomic mass is 10.0. The van der Waals surface area contributed by atoms with Gasteiger partial charge in [0.05, 0.1) is 0 Å². The molecule has 0 aliphatic carbocycles. The molecule has 2 rings (SSSR count). The average Bonchev–Trinajstić information content (AvgIpc) is 2.39. The maximum atomic E-state index is 11.2. The van der Waals surface area contributed by atoms with E-state index in [1.807, 2.05) is 24.3 Å². The quantitative estimate of drug-likeness (QED) is 0.763. The van der Waals surface area contributed by atoms with Crippen molar-refractivity contribution in [1.29, 1.82) is 0 Å². The van der Waals surface area contributed by atoms with E-state index in [1.54, 1.807) is 6.92 Å². The van der Waals surface area contributed by atoms with Gasteiger partial charge < -0.3 is 4.74 Å². The van der Waals surface area contributed by atoms with E-state index in [-0.39, 0.29) is 5.78 Å². The minimum atomic E-state index is 0.0915. The Kier molecular flexibility index (Phi) is 4.97. The molecular weight excluding hydrogens is 238 g/mol. The molecular formula is C16H23NO2. The first-order valence-electron chi connectivity index (χ1n) is 7.11. The van der Waals surface area contributed by atoms with E-state index in [9.17, 15) is 4.79 Å². The van der Waals surface area contributed by atoms with E-state index in [0.29, 0.717) is 6.61 Å². The summed E-state index contributed by atoms with van der Waals surface area (Å²) in [5.74, 6) is 1.74. The first-order chi connectivity index (χ1) is 9.15. The number of likely N-dealkylation sites (tertiary alicyclic amines) is 1. The molecule has 1 atom stereocenters. The fourth-order valence-electron chi connectivity index (χ4n) is 2.57. The summed E-state index contributed by atoms with van der Waals surface area (Å²) >= 11 is 0. The molecule has 0 N–H and O–H groups in total. The van der Waals surface area contributed by atoms with Gasteiger partial charge in [-0.1, -0.05) is 6.92 Å². The summed E-state index contributed by atoms with van der Waals surface area (Å²) in [5.41, 5.74) is 0.734. The first-order valence-corrected chi connectivity index (χ1v) is 7.11. The number of hydrogen-bond acceptors (Lipinski definition) is 3. The number of carbonyl (C=O) groups is 1. The standard InChI is InChI=1S/C16H23NO2/c1-13-4-3-9-17(12-13)10-11-19-16-7-5-15(6-8-16)14(2)18/h5-8,13H,3-4,9-12H2,1-2H3. The molecule has 0 aromatic heterocycles. The van der Waals surface area contributed by atoms with Crippen molar-refractivity contribution < 1.29 is 9.53 Å².